The third kappa shape index (κ3) is 12.2. The molecule has 0 radical (unpaired) electrons. The molecule has 1 aliphatic carbocycles. The number of hydrogen-bond acceptors (Lipinski definition) is 13. The number of fused-ring (bicyclic) bond motifs is 2. The number of carboxylic acid groups (broad SMARTS) is 4. The van der Waals surface area contributed by atoms with E-state index in [1.54, 1.807) is 51.1 Å². The number of aliphatic carboxylic acids is 4. The molecule has 0 unspecified atom stereocenters. The summed E-state index contributed by atoms with van der Waals surface area (Å²) in [5, 5.41) is 51.8. The molecular formula is C49H50N10O16S. The van der Waals surface area contributed by atoms with Crippen LogP contribution in [0, 0.1) is 41.5 Å². The molecule has 6 rings (SSSR count). The molecule has 8 amide bonds. The van der Waals surface area contributed by atoms with Crippen molar-refractivity contribution in [3.8, 4) is 22.5 Å². The maximum Gasteiger partial charge on any atom is 0.323 e. The number of nitrogens with one attached hydrogen (secondary N) is 5. The van der Waals surface area contributed by atoms with Gasteiger partial charge in [-0.25, -0.2) is 24.2 Å². The van der Waals surface area contributed by atoms with Crippen molar-refractivity contribution < 1.29 is 76.2 Å². The number of primary amides is 2. The molecular weight excluding hydrogens is 1020 g/mol. The number of urea groups is 4. The van der Waals surface area contributed by atoms with E-state index in [-0.39, 0.29) is 73.0 Å². The number of rotatable bonds is 17. The molecule has 1 heterocycles. The number of anilines is 6. The quantitative estimate of drug-likeness (QED) is 0.0354. The molecule has 0 spiro atoms. The van der Waals surface area contributed by atoms with Crippen LogP contribution >= 0.6 is 0 Å². The highest BCUT2D eigenvalue weighted by molar-refractivity contribution is 7.86. The number of nitrogens with zero attached hydrogens (tertiary/aromatic N) is 3. The standard InChI is InChI=1S/C49H50N10O16S/c1-21-40(22(2)43(55-47(51)69)25(5)42(21)54-46(50)68)52-27-11-13-29-32(15-27)75-33-16-28(12-14-30(33)39(29)31-9-7-8-10-34(31)76(72,73)74)53-41-23(3)44(56-48(70)58(17-35(60)61)18-36(62)63)26(6)45(24(41)4)57-49(71)59(19-37(64)65)20-38(66)67/h7-16,52H,17-20H2,1-6H3,(H,56,70)(H,57,71)(H,60,61)(H,62,63)(H,64,65)(H,66,67)(H3,50,54,68)(H3,51,55,69)(H,72,73,74). The Kier molecular flexibility index (Phi) is 16.2. The van der Waals surface area contributed by atoms with Crippen LogP contribution in [0.25, 0.3) is 33.4 Å². The SMILES string of the molecule is Cc1c(N=c2ccc3c(-c4ccccc4S(=O)(=O)O)c4ccc(Nc5c(C)c(NC(N)=O)c(C)c(NC(N)=O)c5C)cc4oc-3c2)c(C)c(NC(=O)N(CC(=O)O)CC(=O)O)c(C)c1NC(=O)N(CC(=O)O)CC(=O)O. The number of carbonyl (C=O) groups is 8. The first kappa shape index (κ1) is 55.6. The minimum absolute atomic E-state index is 0.0324. The second-order valence-electron chi connectivity index (χ2n) is 17.2. The number of amides is 8. The number of nitrogens with two attached hydrogens (primary N) is 2. The summed E-state index contributed by atoms with van der Waals surface area (Å²) in [5.41, 5.74) is 14.9. The van der Waals surface area contributed by atoms with E-state index in [1.165, 1.54) is 51.1 Å². The zero-order chi connectivity index (χ0) is 56.2. The Labute approximate surface area is 431 Å². The number of hydrogen-bond donors (Lipinski definition) is 12. The Bertz CT molecular complexity index is 3460. The van der Waals surface area contributed by atoms with Crippen molar-refractivity contribution in [2.24, 2.45) is 16.5 Å². The van der Waals surface area contributed by atoms with Crippen LogP contribution in [-0.2, 0) is 29.3 Å². The van der Waals surface area contributed by atoms with Crippen molar-refractivity contribution in [2.75, 3.05) is 52.8 Å². The van der Waals surface area contributed by atoms with Gasteiger partial charge in [-0.2, -0.15) is 8.42 Å². The molecule has 0 saturated carbocycles. The van der Waals surface area contributed by atoms with Crippen LogP contribution in [0.4, 0.5) is 59.0 Å². The van der Waals surface area contributed by atoms with E-state index in [4.69, 9.17) is 20.9 Å². The van der Waals surface area contributed by atoms with Gasteiger partial charge in [0.1, 0.15) is 42.4 Å². The van der Waals surface area contributed by atoms with Gasteiger partial charge in [0, 0.05) is 45.6 Å². The molecule has 27 heteroatoms. The monoisotopic (exact) mass is 1070 g/mol. The minimum atomic E-state index is -4.85. The highest BCUT2D eigenvalue weighted by Crippen LogP contribution is 2.45. The number of carbonyl (C=O) groups excluding carboxylic acids is 4. The normalized spacial score (nSPS) is 11.4. The lowest BCUT2D eigenvalue weighted by Gasteiger charge is -2.26. The molecule has 0 fully saturated rings. The molecule has 0 aromatic heterocycles. The molecule has 4 aromatic rings. The fraction of sp³-hybridized carbons (Fsp3) is 0.204. The number of benzene rings is 5. The lowest BCUT2D eigenvalue weighted by Crippen LogP contribution is -2.42. The molecule has 2 aliphatic rings. The fourth-order valence-electron chi connectivity index (χ4n) is 8.69. The van der Waals surface area contributed by atoms with Crippen LogP contribution in [-0.4, -0.2) is 117 Å². The second-order valence-corrected chi connectivity index (χ2v) is 18.6. The van der Waals surface area contributed by atoms with Crippen LogP contribution < -0.4 is 43.4 Å². The van der Waals surface area contributed by atoms with Crippen LogP contribution in [0.3, 0.4) is 0 Å². The predicted molar refractivity (Wildman–Crippen MR) is 276 cm³/mol. The summed E-state index contributed by atoms with van der Waals surface area (Å²) in [5.74, 6) is -6.09. The van der Waals surface area contributed by atoms with Gasteiger partial charge in [-0.3, -0.25) is 23.7 Å². The van der Waals surface area contributed by atoms with Gasteiger partial charge in [0.2, 0.25) is 0 Å². The van der Waals surface area contributed by atoms with Crippen molar-refractivity contribution in [3.63, 3.8) is 0 Å². The Morgan fingerprint density at radius 3 is 1.46 bits per heavy atom. The second kappa shape index (κ2) is 22.2. The maximum atomic E-state index is 13.6. The van der Waals surface area contributed by atoms with E-state index in [0.717, 1.165) is 0 Å². The zero-order valence-corrected chi connectivity index (χ0v) is 42.0. The summed E-state index contributed by atoms with van der Waals surface area (Å²) in [6.07, 6.45) is 0. The molecule has 0 atom stereocenters. The van der Waals surface area contributed by atoms with Gasteiger partial charge in [0.15, 0.2) is 0 Å². The predicted octanol–water partition coefficient (Wildman–Crippen LogP) is 6.27. The lowest BCUT2D eigenvalue weighted by atomic mass is 9.93. The summed E-state index contributed by atoms with van der Waals surface area (Å²) in [4.78, 5) is 103. The summed E-state index contributed by atoms with van der Waals surface area (Å²) in [7, 11) is -4.85. The van der Waals surface area contributed by atoms with Crippen LogP contribution in [0.15, 0.2) is 75.0 Å². The van der Waals surface area contributed by atoms with E-state index >= 15 is 0 Å². The summed E-state index contributed by atoms with van der Waals surface area (Å²) in [6, 6.07) is 10.9. The Balaban J connectivity index is 1.63. The van der Waals surface area contributed by atoms with Crippen molar-refractivity contribution in [1.29, 1.82) is 0 Å². The highest BCUT2D eigenvalue weighted by atomic mass is 32.2. The average molecular weight is 1070 g/mol. The van der Waals surface area contributed by atoms with E-state index < -0.39 is 89.2 Å². The van der Waals surface area contributed by atoms with Crippen molar-refractivity contribution in [2.45, 2.75) is 46.4 Å². The Hall–Kier alpha value is -9.76. The first-order valence-corrected chi connectivity index (χ1v) is 23.8. The maximum absolute atomic E-state index is 13.6. The Morgan fingerprint density at radius 1 is 0.566 bits per heavy atom. The fourth-order valence-corrected chi connectivity index (χ4v) is 9.39. The molecule has 14 N–H and O–H groups in total. The molecule has 0 bridgehead atoms. The Morgan fingerprint density at radius 2 is 1.01 bits per heavy atom. The minimum Gasteiger partial charge on any atom is -0.480 e. The van der Waals surface area contributed by atoms with Crippen molar-refractivity contribution in [3.05, 3.63) is 99.4 Å². The van der Waals surface area contributed by atoms with E-state index in [9.17, 15) is 71.8 Å². The first-order valence-electron chi connectivity index (χ1n) is 22.4. The van der Waals surface area contributed by atoms with Crippen LogP contribution in [0.2, 0.25) is 0 Å². The lowest BCUT2D eigenvalue weighted by molar-refractivity contribution is -0.142. The van der Waals surface area contributed by atoms with E-state index in [0.29, 0.717) is 48.8 Å². The van der Waals surface area contributed by atoms with Crippen LogP contribution in [0.5, 0.6) is 0 Å². The molecule has 398 valence electrons. The molecule has 26 nitrogen and oxygen atoms in total. The van der Waals surface area contributed by atoms with Gasteiger partial charge in [0.05, 0.1) is 33.8 Å². The van der Waals surface area contributed by atoms with Gasteiger partial charge in [-0.05, 0) is 105 Å². The van der Waals surface area contributed by atoms with Gasteiger partial charge >= 0.3 is 48.0 Å². The largest absolute Gasteiger partial charge is 0.480 e. The van der Waals surface area contributed by atoms with Crippen molar-refractivity contribution >= 4 is 109 Å². The number of carboxylic acids is 4. The van der Waals surface area contributed by atoms with E-state index in [2.05, 4.69) is 26.6 Å². The zero-order valence-electron chi connectivity index (χ0n) is 41.2. The van der Waals surface area contributed by atoms with Gasteiger partial charge in [-0.1, -0.05) is 18.2 Å². The smallest absolute Gasteiger partial charge is 0.323 e. The van der Waals surface area contributed by atoms with Crippen LogP contribution in [0.1, 0.15) is 33.4 Å². The highest BCUT2D eigenvalue weighted by Gasteiger charge is 2.29. The molecule has 0 saturated heterocycles. The molecule has 4 aromatic carbocycles. The van der Waals surface area contributed by atoms with E-state index in [1.807, 2.05) is 0 Å². The average Bonchev–Trinajstić information content (AvgIpc) is 3.32. The van der Waals surface area contributed by atoms with Gasteiger partial charge < -0.3 is 72.7 Å². The van der Waals surface area contributed by atoms with Crippen molar-refractivity contribution in [1.82, 2.24) is 9.80 Å². The molecule has 76 heavy (non-hydrogen) atoms. The van der Waals surface area contributed by atoms with Gasteiger partial charge in [0.25, 0.3) is 10.1 Å². The first-order chi connectivity index (χ1) is 35.6. The summed E-state index contributed by atoms with van der Waals surface area (Å²) >= 11 is 0. The van der Waals surface area contributed by atoms with Gasteiger partial charge in [-0.15, -0.1) is 0 Å². The third-order valence-electron chi connectivity index (χ3n) is 11.9. The third-order valence-corrected chi connectivity index (χ3v) is 12.9. The topological polar surface area (TPSA) is 416 Å². The summed E-state index contributed by atoms with van der Waals surface area (Å²) in [6.45, 7) is 5.28. The summed E-state index contributed by atoms with van der Waals surface area (Å²) < 4.78 is 42.8. The molecule has 1 aliphatic heterocycles.